The van der Waals surface area contributed by atoms with Gasteiger partial charge in [-0.05, 0) is 29.8 Å². The summed E-state index contributed by atoms with van der Waals surface area (Å²) in [4.78, 5) is 34.1. The number of hydrogen-bond acceptors (Lipinski definition) is 7. The molecule has 0 spiro atoms. The molecular weight excluding hydrogens is 364 g/mol. The van der Waals surface area contributed by atoms with Gasteiger partial charge < -0.3 is 14.8 Å². The third-order valence-corrected chi connectivity index (χ3v) is 3.73. The first-order chi connectivity index (χ1) is 12.3. The molecule has 0 aliphatic carbocycles. The topological polar surface area (TPSA) is 108 Å². The summed E-state index contributed by atoms with van der Waals surface area (Å²) in [5.74, 6) is -1.11. The largest absolute Gasteiger partial charge is 0.469 e. The minimum absolute atomic E-state index is 0.0530. The van der Waals surface area contributed by atoms with Crippen LogP contribution < -0.4 is 5.32 Å². The van der Waals surface area contributed by atoms with Crippen LogP contribution in [-0.2, 0) is 20.7 Å². The van der Waals surface area contributed by atoms with Gasteiger partial charge >= 0.3 is 11.9 Å². The van der Waals surface area contributed by atoms with Crippen LogP contribution in [0.2, 0.25) is 5.02 Å². The lowest BCUT2D eigenvalue weighted by molar-refractivity contribution is -0.383. The zero-order valence-electron chi connectivity index (χ0n) is 13.9. The molecule has 9 heteroatoms. The van der Waals surface area contributed by atoms with Gasteiger partial charge in [0.15, 0.2) is 0 Å². The van der Waals surface area contributed by atoms with E-state index in [-0.39, 0.29) is 29.0 Å². The summed E-state index contributed by atoms with van der Waals surface area (Å²) in [6.45, 7) is 0. The van der Waals surface area contributed by atoms with Gasteiger partial charge in [0.2, 0.25) is 0 Å². The molecule has 0 amide bonds. The number of rotatable bonds is 6. The molecule has 0 radical (unpaired) electrons. The predicted octanol–water partition coefficient (Wildman–Crippen LogP) is 3.49. The van der Waals surface area contributed by atoms with E-state index in [9.17, 15) is 19.7 Å². The minimum atomic E-state index is -0.627. The van der Waals surface area contributed by atoms with Crippen LogP contribution >= 0.6 is 11.6 Å². The molecule has 0 saturated carbocycles. The van der Waals surface area contributed by atoms with Crippen LogP contribution in [0.5, 0.6) is 0 Å². The molecule has 0 unspecified atom stereocenters. The molecule has 26 heavy (non-hydrogen) atoms. The number of esters is 2. The summed E-state index contributed by atoms with van der Waals surface area (Å²) in [6, 6.07) is 8.56. The molecule has 2 rings (SSSR count). The maximum absolute atomic E-state index is 11.9. The highest BCUT2D eigenvalue weighted by molar-refractivity contribution is 6.31. The minimum Gasteiger partial charge on any atom is -0.469 e. The van der Waals surface area contributed by atoms with Gasteiger partial charge in [-0.3, -0.25) is 14.9 Å². The number of benzene rings is 2. The zero-order chi connectivity index (χ0) is 19.3. The van der Waals surface area contributed by atoms with E-state index in [4.69, 9.17) is 16.3 Å². The Morgan fingerprint density at radius 1 is 1.12 bits per heavy atom. The van der Waals surface area contributed by atoms with Gasteiger partial charge in [0.1, 0.15) is 5.69 Å². The van der Waals surface area contributed by atoms with Gasteiger partial charge in [-0.25, -0.2) is 4.79 Å². The molecule has 0 aromatic heterocycles. The number of nitrogens with one attached hydrogen (secondary N) is 1. The third kappa shape index (κ3) is 4.48. The SMILES string of the molecule is COC(=O)Cc1ccc([N+](=O)[O-])c(Nc2cc(Cl)ccc2C(=O)OC)c1. The van der Waals surface area contributed by atoms with Crippen molar-refractivity contribution in [1.82, 2.24) is 0 Å². The Morgan fingerprint density at radius 2 is 1.85 bits per heavy atom. The second-order valence-corrected chi connectivity index (χ2v) is 5.60. The van der Waals surface area contributed by atoms with Crippen molar-refractivity contribution in [2.45, 2.75) is 6.42 Å². The van der Waals surface area contributed by atoms with Gasteiger partial charge in [-0.2, -0.15) is 0 Å². The summed E-state index contributed by atoms with van der Waals surface area (Å²) < 4.78 is 9.31. The van der Waals surface area contributed by atoms with Crippen LogP contribution in [0.1, 0.15) is 15.9 Å². The van der Waals surface area contributed by atoms with Crippen molar-refractivity contribution in [2.75, 3.05) is 19.5 Å². The molecule has 0 bridgehead atoms. The highest BCUT2D eigenvalue weighted by atomic mass is 35.5. The molecule has 0 aliphatic rings. The lowest BCUT2D eigenvalue weighted by atomic mass is 10.1. The second-order valence-electron chi connectivity index (χ2n) is 5.17. The number of halogens is 1. The van der Waals surface area contributed by atoms with Crippen molar-refractivity contribution in [3.63, 3.8) is 0 Å². The van der Waals surface area contributed by atoms with Crippen LogP contribution in [0.3, 0.4) is 0 Å². The van der Waals surface area contributed by atoms with Crippen molar-refractivity contribution in [2.24, 2.45) is 0 Å². The molecule has 136 valence electrons. The standard InChI is InChI=1S/C17H15ClN2O6/c1-25-16(21)8-10-3-6-15(20(23)24)14(7-10)19-13-9-11(18)4-5-12(13)17(22)26-2/h3-7,9,19H,8H2,1-2H3. The summed E-state index contributed by atoms with van der Waals surface area (Å²) in [5, 5.41) is 14.5. The summed E-state index contributed by atoms with van der Waals surface area (Å²) >= 11 is 5.96. The van der Waals surface area contributed by atoms with E-state index in [0.29, 0.717) is 10.6 Å². The summed E-state index contributed by atoms with van der Waals surface area (Å²) in [7, 11) is 2.47. The number of carbonyl (C=O) groups excluding carboxylic acids is 2. The van der Waals surface area contributed by atoms with E-state index in [2.05, 4.69) is 10.1 Å². The van der Waals surface area contributed by atoms with E-state index in [1.807, 2.05) is 0 Å². The average Bonchev–Trinajstić information content (AvgIpc) is 2.61. The lowest BCUT2D eigenvalue weighted by Gasteiger charge is -2.12. The van der Waals surface area contributed by atoms with Gasteiger partial charge in [-0.15, -0.1) is 0 Å². The molecule has 0 fully saturated rings. The molecule has 2 aromatic carbocycles. The number of nitrogens with zero attached hydrogens (tertiary/aromatic N) is 1. The van der Waals surface area contributed by atoms with Crippen LogP contribution in [0.25, 0.3) is 0 Å². The smallest absolute Gasteiger partial charge is 0.339 e. The van der Waals surface area contributed by atoms with E-state index >= 15 is 0 Å². The van der Waals surface area contributed by atoms with Gasteiger partial charge in [-0.1, -0.05) is 17.7 Å². The maximum Gasteiger partial charge on any atom is 0.339 e. The van der Waals surface area contributed by atoms with Crippen molar-refractivity contribution in [1.29, 1.82) is 0 Å². The van der Waals surface area contributed by atoms with E-state index in [1.54, 1.807) is 0 Å². The third-order valence-electron chi connectivity index (χ3n) is 3.49. The molecule has 2 aromatic rings. The molecule has 0 atom stereocenters. The number of methoxy groups -OCH3 is 2. The Bertz CT molecular complexity index is 868. The Labute approximate surface area is 153 Å². The van der Waals surface area contributed by atoms with Gasteiger partial charge in [0.05, 0.1) is 36.8 Å². The van der Waals surface area contributed by atoms with Crippen molar-refractivity contribution >= 4 is 40.6 Å². The van der Waals surface area contributed by atoms with Crippen LogP contribution in [0.4, 0.5) is 17.1 Å². The average molecular weight is 379 g/mol. The van der Waals surface area contributed by atoms with Crippen LogP contribution in [0.15, 0.2) is 36.4 Å². The van der Waals surface area contributed by atoms with Crippen LogP contribution in [0, 0.1) is 10.1 Å². The Kier molecular flexibility index (Phi) is 6.13. The molecular formula is C17H15ClN2O6. The number of ether oxygens (including phenoxy) is 2. The van der Waals surface area contributed by atoms with Gasteiger partial charge in [0, 0.05) is 11.1 Å². The summed E-state index contributed by atoms with van der Waals surface area (Å²) in [5.41, 5.74) is 0.775. The first kappa shape index (κ1) is 19.2. The Balaban J connectivity index is 2.49. The monoisotopic (exact) mass is 378 g/mol. The fraction of sp³-hybridized carbons (Fsp3) is 0.176. The highest BCUT2D eigenvalue weighted by Gasteiger charge is 2.19. The predicted molar refractivity (Wildman–Crippen MR) is 94.9 cm³/mol. The normalized spacial score (nSPS) is 10.1. The number of nitro benzene ring substituents is 1. The fourth-order valence-corrected chi connectivity index (χ4v) is 2.42. The Hall–Kier alpha value is -3.13. The molecule has 0 heterocycles. The molecule has 0 saturated heterocycles. The molecule has 8 nitrogen and oxygen atoms in total. The molecule has 1 N–H and O–H groups in total. The fourth-order valence-electron chi connectivity index (χ4n) is 2.24. The number of carbonyl (C=O) groups is 2. The van der Waals surface area contributed by atoms with E-state index in [0.717, 1.165) is 0 Å². The number of nitro groups is 1. The zero-order valence-corrected chi connectivity index (χ0v) is 14.7. The highest BCUT2D eigenvalue weighted by Crippen LogP contribution is 2.32. The molecule has 0 aliphatic heterocycles. The lowest BCUT2D eigenvalue weighted by Crippen LogP contribution is -2.08. The van der Waals surface area contributed by atoms with E-state index < -0.39 is 16.9 Å². The first-order valence-electron chi connectivity index (χ1n) is 7.34. The van der Waals surface area contributed by atoms with E-state index in [1.165, 1.54) is 50.6 Å². The number of hydrogen-bond donors (Lipinski definition) is 1. The maximum atomic E-state index is 11.9. The summed E-state index contributed by atoms with van der Waals surface area (Å²) in [6.07, 6.45) is -0.0530. The van der Waals surface area contributed by atoms with Crippen LogP contribution in [-0.4, -0.2) is 31.1 Å². The van der Waals surface area contributed by atoms with Gasteiger partial charge in [0.25, 0.3) is 5.69 Å². The van der Waals surface area contributed by atoms with Crippen molar-refractivity contribution in [3.05, 3.63) is 62.7 Å². The first-order valence-corrected chi connectivity index (χ1v) is 7.72. The Morgan fingerprint density at radius 3 is 2.46 bits per heavy atom. The number of anilines is 2. The van der Waals surface area contributed by atoms with Crippen molar-refractivity contribution < 1.29 is 24.0 Å². The quantitative estimate of drug-likeness (QED) is 0.465. The van der Waals surface area contributed by atoms with Crippen molar-refractivity contribution in [3.8, 4) is 0 Å². The second kappa shape index (κ2) is 8.30.